The first-order valence-electron chi connectivity index (χ1n) is 7.33. The summed E-state index contributed by atoms with van der Waals surface area (Å²) in [5, 5.41) is 6.45. The predicted octanol–water partition coefficient (Wildman–Crippen LogP) is 1.40. The molecule has 2 aliphatic rings. The maximum Gasteiger partial charge on any atom is 0.237 e. The van der Waals surface area contributed by atoms with Crippen LogP contribution in [-0.4, -0.2) is 49.6 Å². The molecule has 2 heterocycles. The number of carbonyl (C=O) groups excluding carboxylic acids is 1. The fraction of sp³-hybridized carbons (Fsp3) is 0.929. The van der Waals surface area contributed by atoms with Crippen LogP contribution >= 0.6 is 12.4 Å². The van der Waals surface area contributed by atoms with Crippen molar-refractivity contribution in [2.75, 3.05) is 32.7 Å². The highest BCUT2D eigenvalue weighted by Gasteiger charge is 2.36. The van der Waals surface area contributed by atoms with Gasteiger partial charge >= 0.3 is 0 Å². The van der Waals surface area contributed by atoms with Gasteiger partial charge in [0.05, 0.1) is 6.04 Å². The molecule has 0 bridgehead atoms. The van der Waals surface area contributed by atoms with Gasteiger partial charge in [-0.1, -0.05) is 13.8 Å². The Balaban J connectivity index is 0.00000180. The Labute approximate surface area is 123 Å². The molecule has 4 nitrogen and oxygen atoms in total. The smallest absolute Gasteiger partial charge is 0.237 e. The van der Waals surface area contributed by atoms with E-state index in [9.17, 15) is 4.79 Å². The summed E-state index contributed by atoms with van der Waals surface area (Å²) >= 11 is 0. The summed E-state index contributed by atoms with van der Waals surface area (Å²) < 4.78 is 0. The van der Waals surface area contributed by atoms with Crippen LogP contribution in [0.15, 0.2) is 0 Å². The third-order valence-electron chi connectivity index (χ3n) is 4.32. The monoisotopic (exact) mass is 289 g/mol. The minimum atomic E-state index is -0.0233. The highest BCUT2D eigenvalue weighted by atomic mass is 35.5. The van der Waals surface area contributed by atoms with E-state index in [4.69, 9.17) is 0 Å². The van der Waals surface area contributed by atoms with E-state index in [0.29, 0.717) is 0 Å². The fourth-order valence-corrected chi connectivity index (χ4v) is 3.10. The van der Waals surface area contributed by atoms with Crippen molar-refractivity contribution in [1.82, 2.24) is 15.5 Å². The average Bonchev–Trinajstić information content (AvgIpc) is 2.81. The number of nitrogens with zero attached hydrogens (tertiary/aromatic N) is 1. The van der Waals surface area contributed by atoms with Gasteiger partial charge in [-0.3, -0.25) is 4.79 Å². The van der Waals surface area contributed by atoms with Crippen LogP contribution in [0.5, 0.6) is 0 Å². The second-order valence-corrected chi connectivity index (χ2v) is 6.32. The van der Waals surface area contributed by atoms with Crippen LogP contribution in [0.3, 0.4) is 0 Å². The fourth-order valence-electron chi connectivity index (χ4n) is 3.10. The highest BCUT2D eigenvalue weighted by Crippen LogP contribution is 2.29. The minimum Gasteiger partial charge on any atom is -0.353 e. The number of amides is 1. The van der Waals surface area contributed by atoms with Crippen molar-refractivity contribution in [3.63, 3.8) is 0 Å². The molecule has 0 aromatic heterocycles. The molecule has 1 atom stereocenters. The van der Waals surface area contributed by atoms with E-state index in [0.717, 1.165) is 26.1 Å². The molecule has 0 spiro atoms. The lowest BCUT2D eigenvalue weighted by molar-refractivity contribution is -0.126. The van der Waals surface area contributed by atoms with Crippen LogP contribution in [0, 0.1) is 5.41 Å². The maximum atomic E-state index is 12.2. The minimum absolute atomic E-state index is 0. The number of hydrogen-bond donors (Lipinski definition) is 2. The molecule has 112 valence electrons. The molecule has 0 aromatic carbocycles. The Bertz CT molecular complexity index is 290. The Hall–Kier alpha value is -0.320. The third kappa shape index (κ3) is 4.62. The van der Waals surface area contributed by atoms with E-state index in [2.05, 4.69) is 29.4 Å². The molecule has 5 heteroatoms. The summed E-state index contributed by atoms with van der Waals surface area (Å²) in [6, 6.07) is -0.0233. The van der Waals surface area contributed by atoms with Crippen molar-refractivity contribution in [3.8, 4) is 0 Å². The molecule has 0 radical (unpaired) electrons. The molecule has 2 aliphatic heterocycles. The molecular formula is C14H28ClN3O. The van der Waals surface area contributed by atoms with E-state index < -0.39 is 0 Å². The molecule has 2 saturated heterocycles. The van der Waals surface area contributed by atoms with Crippen LogP contribution in [0.2, 0.25) is 0 Å². The largest absolute Gasteiger partial charge is 0.353 e. The van der Waals surface area contributed by atoms with Crippen LogP contribution in [-0.2, 0) is 4.79 Å². The van der Waals surface area contributed by atoms with Gasteiger partial charge in [0.2, 0.25) is 5.91 Å². The van der Waals surface area contributed by atoms with Crippen molar-refractivity contribution < 1.29 is 4.79 Å². The van der Waals surface area contributed by atoms with E-state index in [-0.39, 0.29) is 29.8 Å². The van der Waals surface area contributed by atoms with E-state index in [1.807, 2.05) is 0 Å². The summed E-state index contributed by atoms with van der Waals surface area (Å²) in [5.41, 5.74) is 0.0793. The summed E-state index contributed by atoms with van der Waals surface area (Å²) in [5.74, 6) is 0.180. The lowest BCUT2D eigenvalue weighted by Gasteiger charge is -2.38. The topological polar surface area (TPSA) is 44.4 Å². The predicted molar refractivity (Wildman–Crippen MR) is 80.7 cm³/mol. The van der Waals surface area contributed by atoms with Crippen molar-refractivity contribution in [2.45, 2.75) is 45.6 Å². The van der Waals surface area contributed by atoms with Gasteiger partial charge in [-0.25, -0.2) is 0 Å². The second kappa shape index (κ2) is 7.46. The third-order valence-corrected chi connectivity index (χ3v) is 4.32. The highest BCUT2D eigenvalue weighted by molar-refractivity contribution is 5.85. The van der Waals surface area contributed by atoms with Crippen molar-refractivity contribution in [3.05, 3.63) is 0 Å². The van der Waals surface area contributed by atoms with Gasteiger partial charge in [0.25, 0.3) is 0 Å². The first kappa shape index (κ1) is 16.7. The molecule has 0 aromatic rings. The van der Waals surface area contributed by atoms with Crippen LogP contribution < -0.4 is 10.6 Å². The van der Waals surface area contributed by atoms with Crippen molar-refractivity contribution in [1.29, 1.82) is 0 Å². The van der Waals surface area contributed by atoms with Gasteiger partial charge < -0.3 is 15.5 Å². The normalized spacial score (nSPS) is 26.7. The summed E-state index contributed by atoms with van der Waals surface area (Å²) in [4.78, 5) is 14.6. The summed E-state index contributed by atoms with van der Waals surface area (Å²) in [7, 11) is 0. The summed E-state index contributed by atoms with van der Waals surface area (Å²) in [6.07, 6.45) is 4.92. The van der Waals surface area contributed by atoms with Gasteiger partial charge in [0.1, 0.15) is 0 Å². The molecule has 1 amide bonds. The Morgan fingerprint density at radius 2 is 2.00 bits per heavy atom. The number of nitrogens with one attached hydrogen (secondary N) is 2. The lowest BCUT2D eigenvalue weighted by atomic mass is 9.77. The SMILES string of the molecule is CC1(C)CCCNC1C(=O)NCCN1CCCC1.Cl. The quantitative estimate of drug-likeness (QED) is 0.822. The number of halogens is 1. The molecule has 0 saturated carbocycles. The van der Waals surface area contributed by atoms with E-state index in [1.165, 1.54) is 32.4 Å². The second-order valence-electron chi connectivity index (χ2n) is 6.32. The Morgan fingerprint density at radius 3 is 2.63 bits per heavy atom. The lowest BCUT2D eigenvalue weighted by Crippen LogP contribution is -2.56. The Morgan fingerprint density at radius 1 is 1.32 bits per heavy atom. The molecule has 1 unspecified atom stereocenters. The number of carbonyl (C=O) groups is 1. The van der Waals surface area contributed by atoms with Gasteiger partial charge in [0.15, 0.2) is 0 Å². The number of piperidine rings is 1. The molecule has 2 N–H and O–H groups in total. The standard InChI is InChI=1S/C14H27N3O.ClH/c1-14(2)6-5-7-15-12(14)13(18)16-8-11-17-9-3-4-10-17;/h12,15H,3-11H2,1-2H3,(H,16,18);1H. The zero-order chi connectivity index (χ0) is 13.0. The first-order valence-corrected chi connectivity index (χ1v) is 7.33. The zero-order valence-corrected chi connectivity index (χ0v) is 13.0. The molecular weight excluding hydrogens is 262 g/mol. The van der Waals surface area contributed by atoms with Crippen LogP contribution in [0.4, 0.5) is 0 Å². The molecule has 19 heavy (non-hydrogen) atoms. The molecule has 2 rings (SSSR count). The van der Waals surface area contributed by atoms with Crippen molar-refractivity contribution >= 4 is 18.3 Å². The maximum absolute atomic E-state index is 12.2. The summed E-state index contributed by atoms with van der Waals surface area (Å²) in [6.45, 7) is 9.51. The number of rotatable bonds is 4. The average molecular weight is 290 g/mol. The van der Waals surface area contributed by atoms with Crippen molar-refractivity contribution in [2.24, 2.45) is 5.41 Å². The van der Waals surface area contributed by atoms with E-state index in [1.54, 1.807) is 0 Å². The zero-order valence-electron chi connectivity index (χ0n) is 12.2. The Kier molecular flexibility index (Phi) is 6.57. The van der Waals surface area contributed by atoms with E-state index >= 15 is 0 Å². The molecule has 2 fully saturated rings. The van der Waals surface area contributed by atoms with Crippen LogP contribution in [0.25, 0.3) is 0 Å². The van der Waals surface area contributed by atoms with Gasteiger partial charge in [-0.05, 0) is 50.7 Å². The number of hydrogen-bond acceptors (Lipinski definition) is 3. The van der Waals surface area contributed by atoms with Gasteiger partial charge in [-0.15, -0.1) is 12.4 Å². The van der Waals surface area contributed by atoms with Gasteiger partial charge in [0, 0.05) is 13.1 Å². The number of likely N-dealkylation sites (tertiary alicyclic amines) is 1. The molecule has 0 aliphatic carbocycles. The van der Waals surface area contributed by atoms with Crippen LogP contribution in [0.1, 0.15) is 39.5 Å². The first-order chi connectivity index (χ1) is 8.59. The van der Waals surface area contributed by atoms with Gasteiger partial charge in [-0.2, -0.15) is 0 Å².